The summed E-state index contributed by atoms with van der Waals surface area (Å²) in [6, 6.07) is 9.58. The van der Waals surface area contributed by atoms with Crippen LogP contribution in [0, 0.1) is 12.7 Å². The number of aromatic nitrogens is 1. The van der Waals surface area contributed by atoms with Crippen LogP contribution in [0.5, 0.6) is 0 Å². The van der Waals surface area contributed by atoms with Gasteiger partial charge < -0.3 is 10.2 Å². The summed E-state index contributed by atoms with van der Waals surface area (Å²) in [6.07, 6.45) is 2.15. The molecule has 0 aliphatic heterocycles. The van der Waals surface area contributed by atoms with Crippen LogP contribution < -0.4 is 10.2 Å². The molecular weight excluding hydrogens is 265 g/mol. The first-order valence-electron chi connectivity index (χ1n) is 7.17. The van der Waals surface area contributed by atoms with Crippen molar-refractivity contribution >= 4 is 11.4 Å². The molecule has 0 fully saturated rings. The molecular formula is C17H22FN3. The number of anilines is 2. The molecule has 0 bridgehead atoms. The van der Waals surface area contributed by atoms with Crippen LogP contribution in [0.25, 0.3) is 0 Å². The van der Waals surface area contributed by atoms with Crippen molar-refractivity contribution in [3.63, 3.8) is 0 Å². The average Bonchev–Trinajstić information content (AvgIpc) is 2.47. The van der Waals surface area contributed by atoms with Crippen LogP contribution in [0.15, 0.2) is 36.5 Å². The molecule has 1 atom stereocenters. The Bertz CT molecular complexity index is 593. The number of hydrogen-bond acceptors (Lipinski definition) is 3. The maximum absolute atomic E-state index is 13.0. The van der Waals surface area contributed by atoms with Crippen molar-refractivity contribution in [2.24, 2.45) is 0 Å². The number of rotatable bonds is 5. The number of pyridine rings is 1. The van der Waals surface area contributed by atoms with E-state index in [0.717, 1.165) is 17.8 Å². The molecule has 0 aliphatic rings. The lowest BCUT2D eigenvalue weighted by atomic mass is 10.1. The number of benzene rings is 1. The largest absolute Gasteiger partial charge is 0.378 e. The van der Waals surface area contributed by atoms with Crippen molar-refractivity contribution in [2.75, 3.05) is 24.3 Å². The lowest BCUT2D eigenvalue weighted by Crippen LogP contribution is -2.13. The molecule has 0 saturated heterocycles. The van der Waals surface area contributed by atoms with E-state index < -0.39 is 0 Å². The maximum Gasteiger partial charge on any atom is 0.141 e. The van der Waals surface area contributed by atoms with Crippen LogP contribution in [-0.2, 0) is 0 Å². The highest BCUT2D eigenvalue weighted by Crippen LogP contribution is 2.26. The molecule has 2 rings (SSSR count). The molecule has 0 saturated carbocycles. The van der Waals surface area contributed by atoms with E-state index in [0.29, 0.717) is 0 Å². The first-order valence-corrected chi connectivity index (χ1v) is 7.17. The minimum Gasteiger partial charge on any atom is -0.378 e. The number of hydrogen-bond donors (Lipinski definition) is 1. The third kappa shape index (κ3) is 3.72. The fourth-order valence-electron chi connectivity index (χ4n) is 2.25. The van der Waals surface area contributed by atoms with Crippen molar-refractivity contribution in [2.45, 2.75) is 26.3 Å². The van der Waals surface area contributed by atoms with Crippen molar-refractivity contribution in [1.29, 1.82) is 0 Å². The third-order valence-corrected chi connectivity index (χ3v) is 3.57. The molecule has 3 nitrogen and oxygen atoms in total. The zero-order valence-electron chi connectivity index (χ0n) is 13.0. The van der Waals surface area contributed by atoms with Gasteiger partial charge in [0.05, 0.1) is 17.9 Å². The minimum atomic E-state index is -0.305. The van der Waals surface area contributed by atoms with Gasteiger partial charge in [0.25, 0.3) is 0 Å². The normalized spacial score (nSPS) is 12.0. The minimum absolute atomic E-state index is 0.0782. The van der Waals surface area contributed by atoms with E-state index in [9.17, 15) is 4.39 Å². The van der Waals surface area contributed by atoms with Crippen LogP contribution in [0.4, 0.5) is 15.8 Å². The first-order chi connectivity index (χ1) is 10.0. The van der Waals surface area contributed by atoms with E-state index in [1.54, 1.807) is 6.07 Å². The van der Waals surface area contributed by atoms with Crippen LogP contribution in [0.3, 0.4) is 0 Å². The summed E-state index contributed by atoms with van der Waals surface area (Å²) in [5, 5.41) is 3.50. The Morgan fingerprint density at radius 2 is 2.00 bits per heavy atom. The Morgan fingerprint density at radius 1 is 1.24 bits per heavy atom. The predicted octanol–water partition coefficient (Wildman–Crippen LogP) is 4.16. The van der Waals surface area contributed by atoms with E-state index in [2.05, 4.69) is 47.2 Å². The smallest absolute Gasteiger partial charge is 0.141 e. The Morgan fingerprint density at radius 3 is 2.52 bits per heavy atom. The van der Waals surface area contributed by atoms with Crippen LogP contribution in [0.1, 0.15) is 30.6 Å². The molecule has 1 aromatic carbocycles. The maximum atomic E-state index is 13.0. The Labute approximate surface area is 125 Å². The van der Waals surface area contributed by atoms with Gasteiger partial charge in [0.15, 0.2) is 0 Å². The molecule has 2 aromatic rings. The van der Waals surface area contributed by atoms with E-state index >= 15 is 0 Å². The second kappa shape index (κ2) is 6.57. The van der Waals surface area contributed by atoms with Crippen molar-refractivity contribution in [3.8, 4) is 0 Å². The Balaban J connectivity index is 2.20. The molecule has 0 amide bonds. The van der Waals surface area contributed by atoms with Crippen molar-refractivity contribution < 1.29 is 4.39 Å². The monoisotopic (exact) mass is 287 g/mol. The Kier molecular flexibility index (Phi) is 4.78. The molecule has 0 spiro atoms. The van der Waals surface area contributed by atoms with Gasteiger partial charge in [-0.2, -0.15) is 0 Å². The summed E-state index contributed by atoms with van der Waals surface area (Å²) in [7, 11) is 4.05. The number of halogens is 1. The number of aryl methyl sites for hydroxylation is 1. The summed E-state index contributed by atoms with van der Waals surface area (Å²) in [4.78, 5) is 6.25. The van der Waals surface area contributed by atoms with Gasteiger partial charge >= 0.3 is 0 Å². The molecule has 21 heavy (non-hydrogen) atoms. The second-order valence-electron chi connectivity index (χ2n) is 5.40. The highest BCUT2D eigenvalue weighted by atomic mass is 19.1. The SMILES string of the molecule is CCC(Nc1ccc(N(C)C)cc1C)c1ccc(F)cn1. The van der Waals surface area contributed by atoms with Gasteiger partial charge in [0, 0.05) is 25.5 Å². The molecule has 112 valence electrons. The molecule has 1 unspecified atom stereocenters. The third-order valence-electron chi connectivity index (χ3n) is 3.57. The van der Waals surface area contributed by atoms with Gasteiger partial charge in [0.1, 0.15) is 5.82 Å². The van der Waals surface area contributed by atoms with Gasteiger partial charge in [-0.05, 0) is 49.2 Å². The molecule has 1 heterocycles. The van der Waals surface area contributed by atoms with E-state index in [4.69, 9.17) is 0 Å². The van der Waals surface area contributed by atoms with Crippen molar-refractivity contribution in [3.05, 3.63) is 53.6 Å². The summed E-state index contributed by atoms with van der Waals surface area (Å²) < 4.78 is 13.0. The topological polar surface area (TPSA) is 28.2 Å². The van der Waals surface area contributed by atoms with Gasteiger partial charge in [-0.25, -0.2) is 4.39 Å². The Hall–Kier alpha value is -2.10. The first kappa shape index (κ1) is 15.3. The van der Waals surface area contributed by atoms with Gasteiger partial charge in [0.2, 0.25) is 0 Å². The average molecular weight is 287 g/mol. The van der Waals surface area contributed by atoms with E-state index in [1.165, 1.54) is 23.5 Å². The lowest BCUT2D eigenvalue weighted by molar-refractivity contribution is 0.614. The van der Waals surface area contributed by atoms with Gasteiger partial charge in [-0.1, -0.05) is 6.92 Å². The zero-order valence-corrected chi connectivity index (χ0v) is 13.0. The number of nitrogens with one attached hydrogen (secondary N) is 1. The highest BCUT2D eigenvalue weighted by molar-refractivity contribution is 5.60. The fourth-order valence-corrected chi connectivity index (χ4v) is 2.25. The van der Waals surface area contributed by atoms with Crippen molar-refractivity contribution in [1.82, 2.24) is 4.98 Å². The fraction of sp³-hybridized carbons (Fsp3) is 0.353. The van der Waals surface area contributed by atoms with Crippen LogP contribution in [0.2, 0.25) is 0 Å². The number of nitrogens with zero attached hydrogens (tertiary/aromatic N) is 2. The lowest BCUT2D eigenvalue weighted by Gasteiger charge is -2.21. The molecule has 1 aromatic heterocycles. The van der Waals surface area contributed by atoms with E-state index in [1.807, 2.05) is 14.1 Å². The summed E-state index contributed by atoms with van der Waals surface area (Å²) in [6.45, 7) is 4.17. The van der Waals surface area contributed by atoms with E-state index in [-0.39, 0.29) is 11.9 Å². The summed E-state index contributed by atoms with van der Waals surface area (Å²) in [5.74, 6) is -0.305. The van der Waals surface area contributed by atoms with Crippen LogP contribution >= 0.6 is 0 Å². The molecule has 4 heteroatoms. The predicted molar refractivity (Wildman–Crippen MR) is 86.4 cm³/mol. The highest BCUT2D eigenvalue weighted by Gasteiger charge is 2.12. The second-order valence-corrected chi connectivity index (χ2v) is 5.40. The standard InChI is InChI=1S/C17H22FN3/c1-5-15(17-8-6-13(18)11-19-17)20-16-9-7-14(21(3)4)10-12(16)2/h6-11,15,20H,5H2,1-4H3. The zero-order chi connectivity index (χ0) is 15.4. The summed E-state index contributed by atoms with van der Waals surface area (Å²) in [5.41, 5.74) is 4.29. The summed E-state index contributed by atoms with van der Waals surface area (Å²) >= 11 is 0. The molecule has 1 N–H and O–H groups in total. The molecule has 0 aliphatic carbocycles. The van der Waals surface area contributed by atoms with Gasteiger partial charge in [-0.3, -0.25) is 4.98 Å². The quantitative estimate of drug-likeness (QED) is 0.895. The van der Waals surface area contributed by atoms with Gasteiger partial charge in [-0.15, -0.1) is 0 Å². The molecule has 0 radical (unpaired) electrons. The van der Waals surface area contributed by atoms with Crippen LogP contribution in [-0.4, -0.2) is 19.1 Å².